The van der Waals surface area contributed by atoms with Crippen LogP contribution >= 0.6 is 58.3 Å². The van der Waals surface area contributed by atoms with E-state index in [9.17, 15) is 4.79 Å². The van der Waals surface area contributed by atoms with E-state index in [-0.39, 0.29) is 5.91 Å². The Bertz CT molecular complexity index is 321. The van der Waals surface area contributed by atoms with Crippen molar-refractivity contribution in [1.82, 2.24) is 5.32 Å². The smallest absolute Gasteiger partial charge is 0.221 e. The lowest BCUT2D eigenvalue weighted by atomic mass is 10.2. The van der Waals surface area contributed by atoms with Crippen molar-refractivity contribution in [2.75, 3.05) is 12.3 Å². The van der Waals surface area contributed by atoms with Crippen LogP contribution in [0.5, 0.6) is 0 Å². The molecule has 1 rings (SSSR count). The number of nitrogens with zero attached hydrogens (tertiary/aromatic N) is 1. The second-order valence-electron chi connectivity index (χ2n) is 3.71. The largest absolute Gasteiger partial charge is 0.340 e. The molecule has 0 aromatic heterocycles. The minimum atomic E-state index is -1.54. The van der Waals surface area contributed by atoms with Crippen molar-refractivity contribution in [2.24, 2.45) is 4.99 Å². The molecule has 1 amide bonds. The molecule has 0 bridgehead atoms. The molecule has 0 aromatic carbocycles. The molecular formula is C10H15Cl3N2OS2. The highest BCUT2D eigenvalue weighted by Gasteiger charge is 2.36. The Balaban J connectivity index is 2.53. The number of hydrogen-bond acceptors (Lipinski definition) is 4. The molecule has 1 aliphatic heterocycles. The molecule has 104 valence electrons. The number of rotatable bonds is 5. The summed E-state index contributed by atoms with van der Waals surface area (Å²) in [6.07, 6.45) is 2.24. The number of aliphatic imine (C=N–C) groups is 1. The topological polar surface area (TPSA) is 41.5 Å². The van der Waals surface area contributed by atoms with Crippen molar-refractivity contribution in [2.45, 2.75) is 35.4 Å². The van der Waals surface area contributed by atoms with Crippen LogP contribution in [0.3, 0.4) is 0 Å². The predicted molar refractivity (Wildman–Crippen MR) is 84.1 cm³/mol. The maximum Gasteiger partial charge on any atom is 0.221 e. The quantitative estimate of drug-likeness (QED) is 0.606. The first kappa shape index (κ1) is 16.8. The van der Waals surface area contributed by atoms with E-state index in [0.717, 1.165) is 29.5 Å². The van der Waals surface area contributed by atoms with Crippen LogP contribution in [0.15, 0.2) is 4.99 Å². The van der Waals surface area contributed by atoms with E-state index in [2.05, 4.69) is 10.3 Å². The highest BCUT2D eigenvalue weighted by atomic mass is 35.6. The minimum absolute atomic E-state index is 0.0933. The Labute approximate surface area is 131 Å². The molecule has 1 atom stereocenters. The van der Waals surface area contributed by atoms with Crippen LogP contribution in [-0.4, -0.2) is 31.7 Å². The average molecular weight is 350 g/mol. The summed E-state index contributed by atoms with van der Waals surface area (Å²) >= 11 is 20.6. The molecule has 0 fully saturated rings. The molecule has 1 N–H and O–H groups in total. The van der Waals surface area contributed by atoms with Gasteiger partial charge in [0.25, 0.3) is 0 Å². The molecular weight excluding hydrogens is 335 g/mol. The lowest BCUT2D eigenvalue weighted by Gasteiger charge is -2.24. The van der Waals surface area contributed by atoms with Crippen molar-refractivity contribution in [3.63, 3.8) is 0 Å². The predicted octanol–water partition coefficient (Wildman–Crippen LogP) is 3.83. The summed E-state index contributed by atoms with van der Waals surface area (Å²) in [4.78, 5) is 16.0. The van der Waals surface area contributed by atoms with E-state index < -0.39 is 9.17 Å². The van der Waals surface area contributed by atoms with Gasteiger partial charge >= 0.3 is 0 Å². The molecule has 0 unspecified atom stereocenters. The highest BCUT2D eigenvalue weighted by molar-refractivity contribution is 8.39. The normalized spacial score (nSPS) is 17.4. The summed E-state index contributed by atoms with van der Waals surface area (Å²) < 4.78 is -0.680. The molecule has 1 heterocycles. The third-order valence-electron chi connectivity index (χ3n) is 2.12. The molecule has 3 nitrogen and oxygen atoms in total. The summed E-state index contributed by atoms with van der Waals surface area (Å²) in [5, 5.41) is 2.15. The van der Waals surface area contributed by atoms with Gasteiger partial charge in [-0.05, 0) is 6.42 Å². The van der Waals surface area contributed by atoms with Gasteiger partial charge in [0.05, 0.1) is 6.54 Å². The standard InChI is InChI=1S/C10H15Cl3N2OS2/c1-2-3-4-7(16)15-8(10(11,12)13)18-9-14-5-6-17-9/h8H,2-6H2,1H3,(H,15,16)/t8-/m1/s1. The van der Waals surface area contributed by atoms with E-state index in [1.807, 2.05) is 6.92 Å². The monoisotopic (exact) mass is 348 g/mol. The first-order valence-corrected chi connectivity index (χ1v) is 8.63. The van der Waals surface area contributed by atoms with Gasteiger partial charge in [0.1, 0.15) is 9.75 Å². The van der Waals surface area contributed by atoms with Crippen LogP contribution in [0, 0.1) is 0 Å². The van der Waals surface area contributed by atoms with Gasteiger partial charge in [-0.2, -0.15) is 0 Å². The molecule has 0 aliphatic carbocycles. The van der Waals surface area contributed by atoms with Crippen molar-refractivity contribution in [3.8, 4) is 0 Å². The van der Waals surface area contributed by atoms with Gasteiger partial charge in [-0.15, -0.1) is 0 Å². The summed E-state index contributed by atoms with van der Waals surface area (Å²) in [6.45, 7) is 2.81. The van der Waals surface area contributed by atoms with Crippen molar-refractivity contribution >= 4 is 68.6 Å². The first-order valence-electron chi connectivity index (χ1n) is 5.63. The molecule has 0 aromatic rings. The summed E-state index contributed by atoms with van der Waals surface area (Å²) in [6, 6.07) is 0. The van der Waals surface area contributed by atoms with Crippen molar-refractivity contribution in [3.05, 3.63) is 0 Å². The number of amides is 1. The van der Waals surface area contributed by atoms with E-state index in [1.54, 1.807) is 11.8 Å². The van der Waals surface area contributed by atoms with Crippen molar-refractivity contribution < 1.29 is 4.79 Å². The molecule has 1 aliphatic rings. The molecule has 0 spiro atoms. The number of hydrogen-bond donors (Lipinski definition) is 1. The summed E-state index contributed by atoms with van der Waals surface area (Å²) in [5.74, 6) is 0.850. The molecule has 0 saturated carbocycles. The van der Waals surface area contributed by atoms with Gasteiger partial charge in [-0.1, -0.05) is 71.7 Å². The Morgan fingerprint density at radius 2 is 2.33 bits per heavy atom. The Kier molecular flexibility index (Phi) is 7.54. The maximum atomic E-state index is 11.7. The van der Waals surface area contributed by atoms with Gasteiger partial charge in [0.2, 0.25) is 9.70 Å². The second kappa shape index (κ2) is 8.10. The number of carbonyl (C=O) groups is 1. The summed E-state index contributed by atoms with van der Waals surface area (Å²) in [5.41, 5.74) is 0. The lowest BCUT2D eigenvalue weighted by molar-refractivity contribution is -0.121. The average Bonchev–Trinajstić information content (AvgIpc) is 2.77. The Morgan fingerprint density at radius 3 is 2.83 bits per heavy atom. The van der Waals surface area contributed by atoms with Crippen LogP contribution in [0.25, 0.3) is 0 Å². The number of nitrogens with one attached hydrogen (secondary N) is 1. The van der Waals surface area contributed by atoms with Gasteiger partial charge in [0, 0.05) is 12.2 Å². The SMILES string of the molecule is CCCCC(=O)N[C@H](SC1=NCCS1)C(Cl)(Cl)Cl. The van der Waals surface area contributed by atoms with Crippen LogP contribution in [-0.2, 0) is 4.79 Å². The number of thioether (sulfide) groups is 2. The number of carbonyl (C=O) groups excluding carboxylic acids is 1. The molecule has 8 heteroatoms. The number of unbranched alkanes of at least 4 members (excludes halogenated alkanes) is 1. The zero-order valence-corrected chi connectivity index (χ0v) is 13.8. The fraction of sp³-hybridized carbons (Fsp3) is 0.800. The number of alkyl halides is 3. The molecule has 18 heavy (non-hydrogen) atoms. The van der Waals surface area contributed by atoms with Crippen LogP contribution < -0.4 is 5.32 Å². The van der Waals surface area contributed by atoms with E-state index in [0.29, 0.717) is 6.42 Å². The third-order valence-corrected chi connectivity index (χ3v) is 5.61. The van der Waals surface area contributed by atoms with E-state index in [4.69, 9.17) is 34.8 Å². The maximum absolute atomic E-state index is 11.7. The fourth-order valence-corrected chi connectivity index (χ4v) is 3.83. The van der Waals surface area contributed by atoms with Crippen molar-refractivity contribution in [1.29, 1.82) is 0 Å². The fourth-order valence-electron chi connectivity index (χ4n) is 1.22. The number of halogens is 3. The zero-order valence-electron chi connectivity index (χ0n) is 9.92. The highest BCUT2D eigenvalue weighted by Crippen LogP contribution is 2.39. The Morgan fingerprint density at radius 1 is 1.61 bits per heavy atom. The van der Waals surface area contributed by atoms with Gasteiger partial charge in [0.15, 0.2) is 0 Å². The van der Waals surface area contributed by atoms with Crippen LogP contribution in [0.4, 0.5) is 0 Å². The Hall–Kier alpha value is 0.710. The van der Waals surface area contributed by atoms with Gasteiger partial charge < -0.3 is 5.32 Å². The minimum Gasteiger partial charge on any atom is -0.340 e. The van der Waals surface area contributed by atoms with Crippen LogP contribution in [0.1, 0.15) is 26.2 Å². The third kappa shape index (κ3) is 6.24. The first-order chi connectivity index (χ1) is 8.43. The second-order valence-corrected chi connectivity index (χ2v) is 8.51. The molecule has 0 radical (unpaired) electrons. The lowest BCUT2D eigenvalue weighted by Crippen LogP contribution is -2.41. The van der Waals surface area contributed by atoms with E-state index >= 15 is 0 Å². The van der Waals surface area contributed by atoms with Gasteiger partial charge in [-0.25, -0.2) is 0 Å². The van der Waals surface area contributed by atoms with E-state index in [1.165, 1.54) is 11.8 Å². The van der Waals surface area contributed by atoms with Crippen LogP contribution in [0.2, 0.25) is 0 Å². The molecule has 0 saturated heterocycles. The van der Waals surface area contributed by atoms with Gasteiger partial charge in [-0.3, -0.25) is 9.79 Å². The summed E-state index contributed by atoms with van der Waals surface area (Å²) in [7, 11) is 0. The zero-order chi connectivity index (χ0) is 13.6.